The first kappa shape index (κ1) is 16.6. The lowest BCUT2D eigenvalue weighted by Gasteiger charge is -2.15. The van der Waals surface area contributed by atoms with E-state index in [9.17, 15) is 4.79 Å². The molecule has 2 aromatic carbocycles. The number of nitrogen functional groups attached to an aromatic ring is 1. The van der Waals surface area contributed by atoms with E-state index in [2.05, 4.69) is 15.3 Å². The molecule has 0 aliphatic rings. The van der Waals surface area contributed by atoms with Crippen LogP contribution in [0.5, 0.6) is 0 Å². The predicted molar refractivity (Wildman–Crippen MR) is 98.9 cm³/mol. The van der Waals surface area contributed by atoms with Gasteiger partial charge in [0.2, 0.25) is 5.95 Å². The molecule has 25 heavy (non-hydrogen) atoms. The molecule has 0 bridgehead atoms. The second kappa shape index (κ2) is 7.13. The van der Waals surface area contributed by atoms with E-state index in [4.69, 9.17) is 5.73 Å². The molecule has 1 aromatic heterocycles. The van der Waals surface area contributed by atoms with Gasteiger partial charge >= 0.3 is 0 Å². The Hall–Kier alpha value is -3.21. The topological polar surface area (TPSA) is 80.9 Å². The average molecular weight is 332 g/mol. The van der Waals surface area contributed by atoms with Crippen molar-refractivity contribution in [2.24, 2.45) is 0 Å². The smallest absolute Gasteiger partial charge is 0.251 e. The lowest BCUT2D eigenvalue weighted by atomic mass is 9.99. The summed E-state index contributed by atoms with van der Waals surface area (Å²) in [6, 6.07) is 15.4. The molecular weight excluding hydrogens is 312 g/mol. The Balaban J connectivity index is 1.84. The van der Waals surface area contributed by atoms with Crippen molar-refractivity contribution in [2.45, 2.75) is 19.9 Å². The number of hydrogen-bond acceptors (Lipinski definition) is 4. The fraction of sp³-hybridized carbons (Fsp3) is 0.150. The van der Waals surface area contributed by atoms with Crippen molar-refractivity contribution in [3.05, 3.63) is 77.6 Å². The van der Waals surface area contributed by atoms with Gasteiger partial charge in [-0.15, -0.1) is 0 Å². The van der Waals surface area contributed by atoms with Crippen LogP contribution in [0.25, 0.3) is 11.1 Å². The number of nitrogens with one attached hydrogen (secondary N) is 1. The normalized spacial score (nSPS) is 11.8. The molecule has 0 fully saturated rings. The molecule has 3 rings (SSSR count). The summed E-state index contributed by atoms with van der Waals surface area (Å²) in [4.78, 5) is 20.7. The van der Waals surface area contributed by atoms with E-state index in [0.717, 1.165) is 22.3 Å². The number of benzene rings is 2. The van der Waals surface area contributed by atoms with Crippen LogP contribution in [-0.4, -0.2) is 15.9 Å². The summed E-state index contributed by atoms with van der Waals surface area (Å²) in [5, 5.41) is 3.03. The van der Waals surface area contributed by atoms with Crippen molar-refractivity contribution in [2.75, 3.05) is 5.73 Å². The number of carbonyl (C=O) groups excluding carboxylic acids is 1. The standard InChI is InChI=1S/C20H20N4O/c1-13-8-9-16(10-18(13)17-11-22-20(21)23-12-17)19(25)24-14(2)15-6-4-3-5-7-15/h3-12,14H,1-2H3,(H,24,25)(H2,21,22,23)/t14-/m1/s1. The quantitative estimate of drug-likeness (QED) is 0.766. The molecule has 0 saturated heterocycles. The van der Waals surface area contributed by atoms with Gasteiger partial charge in [0.1, 0.15) is 0 Å². The lowest BCUT2D eigenvalue weighted by Crippen LogP contribution is -2.26. The highest BCUT2D eigenvalue weighted by atomic mass is 16.1. The molecule has 5 heteroatoms. The Labute approximate surface area is 146 Å². The lowest BCUT2D eigenvalue weighted by molar-refractivity contribution is 0.0940. The summed E-state index contributed by atoms with van der Waals surface area (Å²) < 4.78 is 0. The number of rotatable bonds is 4. The molecule has 0 saturated carbocycles. The van der Waals surface area contributed by atoms with Crippen molar-refractivity contribution in [1.29, 1.82) is 0 Å². The number of nitrogens with zero attached hydrogens (tertiary/aromatic N) is 2. The minimum absolute atomic E-state index is 0.0710. The van der Waals surface area contributed by atoms with Crippen molar-refractivity contribution in [1.82, 2.24) is 15.3 Å². The number of aromatic nitrogens is 2. The Morgan fingerprint density at radius 3 is 2.44 bits per heavy atom. The van der Waals surface area contributed by atoms with Gasteiger partial charge in [-0.05, 0) is 42.7 Å². The summed E-state index contributed by atoms with van der Waals surface area (Å²) in [6.45, 7) is 3.95. The largest absolute Gasteiger partial charge is 0.368 e. The maximum atomic E-state index is 12.6. The van der Waals surface area contributed by atoms with Gasteiger partial charge in [0.15, 0.2) is 0 Å². The van der Waals surface area contributed by atoms with E-state index in [1.807, 2.05) is 62.4 Å². The molecule has 0 radical (unpaired) electrons. The molecular formula is C20H20N4O. The summed E-state index contributed by atoms with van der Waals surface area (Å²) in [5.74, 6) is 0.112. The second-order valence-electron chi connectivity index (χ2n) is 5.97. The molecule has 3 aromatic rings. The van der Waals surface area contributed by atoms with Gasteiger partial charge in [-0.1, -0.05) is 36.4 Å². The minimum atomic E-state index is -0.117. The van der Waals surface area contributed by atoms with E-state index in [-0.39, 0.29) is 17.9 Å². The summed E-state index contributed by atoms with van der Waals surface area (Å²) in [7, 11) is 0. The van der Waals surface area contributed by atoms with E-state index >= 15 is 0 Å². The molecule has 5 nitrogen and oxygen atoms in total. The van der Waals surface area contributed by atoms with Crippen LogP contribution < -0.4 is 11.1 Å². The summed E-state index contributed by atoms with van der Waals surface area (Å²) in [5.41, 5.74) is 10.00. The van der Waals surface area contributed by atoms with E-state index < -0.39 is 0 Å². The van der Waals surface area contributed by atoms with Crippen LogP contribution in [0.2, 0.25) is 0 Å². The Bertz CT molecular complexity index is 876. The average Bonchev–Trinajstić information content (AvgIpc) is 2.63. The summed E-state index contributed by atoms with van der Waals surface area (Å²) >= 11 is 0. The second-order valence-corrected chi connectivity index (χ2v) is 5.97. The fourth-order valence-electron chi connectivity index (χ4n) is 2.66. The van der Waals surface area contributed by atoms with Gasteiger partial charge in [0.25, 0.3) is 5.91 Å². The number of nitrogens with two attached hydrogens (primary N) is 1. The zero-order chi connectivity index (χ0) is 17.8. The van der Waals surface area contributed by atoms with Gasteiger partial charge in [-0.25, -0.2) is 9.97 Å². The molecule has 3 N–H and O–H groups in total. The number of carbonyl (C=O) groups is 1. The highest BCUT2D eigenvalue weighted by molar-refractivity contribution is 5.96. The Kier molecular flexibility index (Phi) is 4.75. The Morgan fingerprint density at radius 2 is 1.76 bits per heavy atom. The third-order valence-corrected chi connectivity index (χ3v) is 4.13. The first-order valence-electron chi connectivity index (χ1n) is 8.09. The van der Waals surface area contributed by atoms with Crippen molar-refractivity contribution < 1.29 is 4.79 Å². The van der Waals surface area contributed by atoms with E-state index in [1.165, 1.54) is 0 Å². The molecule has 0 unspecified atom stereocenters. The zero-order valence-electron chi connectivity index (χ0n) is 14.2. The molecule has 1 amide bonds. The molecule has 0 aliphatic carbocycles. The Morgan fingerprint density at radius 1 is 1.08 bits per heavy atom. The van der Waals surface area contributed by atoms with Gasteiger partial charge in [-0.3, -0.25) is 4.79 Å². The van der Waals surface area contributed by atoms with Crippen LogP contribution >= 0.6 is 0 Å². The van der Waals surface area contributed by atoms with E-state index in [0.29, 0.717) is 5.56 Å². The minimum Gasteiger partial charge on any atom is -0.368 e. The predicted octanol–water partition coefficient (Wildman–Crippen LogP) is 3.53. The van der Waals surface area contributed by atoms with Crippen molar-refractivity contribution in [3.8, 4) is 11.1 Å². The molecule has 1 atom stereocenters. The zero-order valence-corrected chi connectivity index (χ0v) is 14.2. The van der Waals surface area contributed by atoms with Gasteiger partial charge in [0.05, 0.1) is 6.04 Å². The third-order valence-electron chi connectivity index (χ3n) is 4.13. The number of anilines is 1. The van der Waals surface area contributed by atoms with E-state index in [1.54, 1.807) is 12.4 Å². The van der Waals surface area contributed by atoms with Crippen LogP contribution in [0.3, 0.4) is 0 Å². The van der Waals surface area contributed by atoms with Crippen LogP contribution in [0.1, 0.15) is 34.5 Å². The molecule has 0 spiro atoms. The number of aryl methyl sites for hydroxylation is 1. The first-order valence-corrected chi connectivity index (χ1v) is 8.09. The summed E-state index contributed by atoms with van der Waals surface area (Å²) in [6.07, 6.45) is 3.33. The third kappa shape index (κ3) is 3.83. The molecule has 126 valence electrons. The van der Waals surface area contributed by atoms with Crippen LogP contribution in [0.15, 0.2) is 60.9 Å². The van der Waals surface area contributed by atoms with Crippen LogP contribution in [0, 0.1) is 6.92 Å². The van der Waals surface area contributed by atoms with Gasteiger partial charge < -0.3 is 11.1 Å². The maximum absolute atomic E-state index is 12.6. The number of hydrogen-bond donors (Lipinski definition) is 2. The van der Waals surface area contributed by atoms with Gasteiger partial charge in [-0.2, -0.15) is 0 Å². The molecule has 1 heterocycles. The molecule has 0 aliphatic heterocycles. The van der Waals surface area contributed by atoms with Crippen LogP contribution in [0.4, 0.5) is 5.95 Å². The first-order chi connectivity index (χ1) is 12.0. The SMILES string of the molecule is Cc1ccc(C(=O)N[C@H](C)c2ccccc2)cc1-c1cnc(N)nc1. The van der Waals surface area contributed by atoms with Crippen molar-refractivity contribution in [3.63, 3.8) is 0 Å². The number of amides is 1. The monoisotopic (exact) mass is 332 g/mol. The highest BCUT2D eigenvalue weighted by Gasteiger charge is 2.13. The van der Waals surface area contributed by atoms with Crippen LogP contribution in [-0.2, 0) is 0 Å². The highest BCUT2D eigenvalue weighted by Crippen LogP contribution is 2.24. The van der Waals surface area contributed by atoms with Gasteiger partial charge in [0, 0.05) is 23.5 Å². The van der Waals surface area contributed by atoms with Crippen molar-refractivity contribution >= 4 is 11.9 Å². The fourth-order valence-corrected chi connectivity index (χ4v) is 2.66. The maximum Gasteiger partial charge on any atom is 0.251 e.